The van der Waals surface area contributed by atoms with Gasteiger partial charge in [0.2, 0.25) is 5.79 Å². The molecule has 2 N–H and O–H groups in total. The molecule has 0 spiro atoms. The van der Waals surface area contributed by atoms with Gasteiger partial charge in [-0.25, -0.2) is 9.55 Å². The van der Waals surface area contributed by atoms with Crippen LogP contribution in [0.3, 0.4) is 0 Å². The highest BCUT2D eigenvalue weighted by Gasteiger charge is 2.42. The number of hydrogen-bond acceptors (Lipinski definition) is 7. The van der Waals surface area contributed by atoms with Crippen LogP contribution in [0.5, 0.6) is 11.5 Å². The molecule has 1 aliphatic rings. The molecule has 1 saturated heterocycles. The van der Waals surface area contributed by atoms with E-state index < -0.39 is 13.6 Å². The minimum absolute atomic E-state index is 0.117. The summed E-state index contributed by atoms with van der Waals surface area (Å²) in [6, 6.07) is 19.8. The van der Waals surface area contributed by atoms with Gasteiger partial charge in [0.15, 0.2) is 0 Å². The molecule has 0 unspecified atom stereocenters. The van der Waals surface area contributed by atoms with Crippen LogP contribution in [0.15, 0.2) is 91.5 Å². The monoisotopic (exact) mass is 673 g/mol. The van der Waals surface area contributed by atoms with Gasteiger partial charge in [-0.3, -0.25) is 14.7 Å². The van der Waals surface area contributed by atoms with Crippen molar-refractivity contribution in [1.29, 1.82) is 0 Å². The number of hydrogen-bond donors (Lipinski definition) is 2. The van der Waals surface area contributed by atoms with Gasteiger partial charge in [0, 0.05) is 42.5 Å². The summed E-state index contributed by atoms with van der Waals surface area (Å²) >= 11 is 12.8. The van der Waals surface area contributed by atoms with E-state index in [1.807, 2.05) is 60.3 Å². The van der Waals surface area contributed by atoms with Gasteiger partial charge in [-0.05, 0) is 54.6 Å². The highest BCUT2D eigenvalue weighted by Crippen LogP contribution is 2.40. The highest BCUT2D eigenvalue weighted by molar-refractivity contribution is 7.46. The third-order valence-corrected chi connectivity index (χ3v) is 8.06. The largest absolute Gasteiger partial charge is 0.524 e. The molecule has 10 nitrogen and oxygen atoms in total. The zero-order valence-electron chi connectivity index (χ0n) is 24.5. The Hall–Kier alpha value is -3.18. The lowest BCUT2D eigenvalue weighted by Crippen LogP contribution is -2.47. The maximum absolute atomic E-state index is 11.0. The van der Waals surface area contributed by atoms with Crippen molar-refractivity contribution < 1.29 is 33.1 Å². The maximum atomic E-state index is 11.0. The second kappa shape index (κ2) is 14.9. The van der Waals surface area contributed by atoms with Crippen molar-refractivity contribution in [1.82, 2.24) is 14.5 Å². The summed E-state index contributed by atoms with van der Waals surface area (Å²) < 4.78 is 36.4. The summed E-state index contributed by atoms with van der Waals surface area (Å²) in [7, 11) is -2.54. The minimum atomic E-state index is -4.56. The van der Waals surface area contributed by atoms with Crippen LogP contribution in [0.25, 0.3) is 6.08 Å². The van der Waals surface area contributed by atoms with E-state index in [4.69, 9.17) is 47.2 Å². The average Bonchev–Trinajstić information content (AvgIpc) is 3.50. The normalized spacial score (nSPS) is 18.8. The molecule has 5 rings (SSSR count). The van der Waals surface area contributed by atoms with Gasteiger partial charge >= 0.3 is 7.82 Å². The molecule has 45 heavy (non-hydrogen) atoms. The number of ether oxygens (including phenoxy) is 3. The van der Waals surface area contributed by atoms with Crippen LogP contribution in [0, 0.1) is 0 Å². The average molecular weight is 675 g/mol. The molecule has 1 aliphatic heterocycles. The summed E-state index contributed by atoms with van der Waals surface area (Å²) in [5, 5.41) is 0.995. The number of benzene rings is 3. The number of likely N-dealkylation sites (N-methyl/N-ethyl adjacent to an activating group) is 1. The Bertz CT molecular complexity index is 1610. The molecule has 0 aliphatic carbocycles. The number of aromatic nitrogens is 2. The third-order valence-electron chi connectivity index (χ3n) is 7.07. The maximum Gasteiger partial charge on any atom is 0.524 e. The molecular weight excluding hydrogens is 640 g/mol. The summed E-state index contributed by atoms with van der Waals surface area (Å²) in [5.41, 5.74) is 2.73. The molecule has 2 heterocycles. The number of rotatable bonds is 13. The quantitative estimate of drug-likeness (QED) is 0.153. The number of phosphoric ester groups is 1. The molecule has 1 fully saturated rings. The molecule has 0 bridgehead atoms. The second-order valence-electron chi connectivity index (χ2n) is 10.7. The molecule has 0 amide bonds. The first-order valence-corrected chi connectivity index (χ1v) is 16.5. The highest BCUT2D eigenvalue weighted by atomic mass is 35.5. The van der Waals surface area contributed by atoms with Crippen molar-refractivity contribution in [2.45, 2.75) is 31.4 Å². The Balaban J connectivity index is 1.13. The van der Waals surface area contributed by atoms with Gasteiger partial charge in [0.1, 0.15) is 18.1 Å². The summed E-state index contributed by atoms with van der Waals surface area (Å²) in [6.07, 6.45) is 9.66. The smallest absolute Gasteiger partial charge is 0.491 e. The third kappa shape index (κ3) is 9.66. The number of imidazole rings is 1. The second-order valence-corrected chi connectivity index (χ2v) is 12.7. The van der Waals surface area contributed by atoms with Gasteiger partial charge in [-0.1, -0.05) is 65.7 Å². The zero-order valence-corrected chi connectivity index (χ0v) is 26.9. The molecule has 0 saturated carbocycles. The predicted molar refractivity (Wildman–Crippen MR) is 172 cm³/mol. The summed E-state index contributed by atoms with van der Waals surface area (Å²) in [6.45, 7) is 2.62. The Morgan fingerprint density at radius 2 is 1.87 bits per heavy atom. The van der Waals surface area contributed by atoms with Crippen LogP contribution in [-0.4, -0.2) is 57.1 Å². The van der Waals surface area contributed by atoms with E-state index >= 15 is 0 Å². The number of phosphoric acid groups is 1. The van der Waals surface area contributed by atoms with Crippen molar-refractivity contribution in [3.8, 4) is 11.5 Å². The first-order valence-electron chi connectivity index (χ1n) is 14.2. The molecule has 238 valence electrons. The van der Waals surface area contributed by atoms with Crippen LogP contribution < -0.4 is 9.26 Å². The molecule has 1 aromatic heterocycles. The number of halogens is 2. The minimum Gasteiger partial charge on any atom is -0.491 e. The van der Waals surface area contributed by atoms with E-state index in [1.54, 1.807) is 36.8 Å². The molecular formula is C32H34Cl2N3O7P. The topological polar surface area (TPSA) is 116 Å². The van der Waals surface area contributed by atoms with Gasteiger partial charge in [0.05, 0.1) is 30.6 Å². The lowest BCUT2D eigenvalue weighted by Gasteiger charge is -2.41. The van der Waals surface area contributed by atoms with Gasteiger partial charge in [-0.2, -0.15) is 0 Å². The summed E-state index contributed by atoms with van der Waals surface area (Å²) in [4.78, 5) is 24.1. The number of nitrogens with zero attached hydrogens (tertiary/aromatic N) is 3. The fraction of sp³-hybridized carbons (Fsp3) is 0.281. The van der Waals surface area contributed by atoms with Crippen molar-refractivity contribution >= 4 is 37.1 Å². The van der Waals surface area contributed by atoms with Crippen LogP contribution in [-0.2, 0) is 32.9 Å². The van der Waals surface area contributed by atoms with Gasteiger partial charge < -0.3 is 23.3 Å². The lowest BCUT2D eigenvalue weighted by molar-refractivity contribution is -0.312. The lowest BCUT2D eigenvalue weighted by atomic mass is 10.0. The van der Waals surface area contributed by atoms with Crippen LogP contribution in [0.1, 0.15) is 23.1 Å². The van der Waals surface area contributed by atoms with Gasteiger partial charge in [0.25, 0.3) is 0 Å². The van der Waals surface area contributed by atoms with E-state index in [1.165, 1.54) is 12.1 Å². The van der Waals surface area contributed by atoms with E-state index in [9.17, 15) is 4.57 Å². The SMILES string of the molecule is CN(CC=Cc1ccc(OP(=O)(O)O)cc1)Cc1ccc(OC[C@@H]2CCO[C@@](Cn3ccnc3)(c3ccc(Cl)cc3Cl)O2)cc1. The Morgan fingerprint density at radius 1 is 1.11 bits per heavy atom. The Morgan fingerprint density at radius 3 is 2.56 bits per heavy atom. The zero-order chi connectivity index (χ0) is 31.9. The van der Waals surface area contributed by atoms with Gasteiger partial charge in [-0.15, -0.1) is 0 Å². The van der Waals surface area contributed by atoms with Crippen LogP contribution >= 0.6 is 31.0 Å². The van der Waals surface area contributed by atoms with Crippen LogP contribution in [0.4, 0.5) is 0 Å². The first kappa shape index (κ1) is 33.2. The Labute approximate surface area is 272 Å². The molecule has 3 aromatic carbocycles. The molecule has 13 heteroatoms. The predicted octanol–water partition coefficient (Wildman–Crippen LogP) is 6.54. The first-order chi connectivity index (χ1) is 21.6. The van der Waals surface area contributed by atoms with Crippen molar-refractivity contribution in [3.05, 3.63) is 118 Å². The Kier molecular flexibility index (Phi) is 11.0. The molecule has 4 aromatic rings. The van der Waals surface area contributed by atoms with E-state index in [0.717, 1.165) is 23.4 Å². The molecule has 0 radical (unpaired) electrons. The van der Waals surface area contributed by atoms with E-state index in [-0.39, 0.29) is 11.9 Å². The van der Waals surface area contributed by atoms with E-state index in [0.29, 0.717) is 48.3 Å². The van der Waals surface area contributed by atoms with E-state index in [2.05, 4.69) is 14.4 Å². The fourth-order valence-corrected chi connectivity index (χ4v) is 5.91. The van der Waals surface area contributed by atoms with Crippen molar-refractivity contribution in [3.63, 3.8) is 0 Å². The molecule has 2 atom stereocenters. The van der Waals surface area contributed by atoms with Crippen molar-refractivity contribution in [2.24, 2.45) is 0 Å². The standard InChI is InChI=1S/C32H34Cl2N3O7P/c1-36(16-2-3-24-4-11-28(12-5-24)44-45(38,39)40)20-25-6-9-27(10-7-25)41-21-29-14-18-42-32(43-29,22-37-17-15-35-23-37)30-13-8-26(33)19-31(30)34/h2-13,15,17,19,23,29H,14,16,18,20-22H2,1H3,(H2,38,39,40)/t29-,32+/m0/s1. The summed E-state index contributed by atoms with van der Waals surface area (Å²) in [5.74, 6) is -0.264. The van der Waals surface area contributed by atoms with Crippen molar-refractivity contribution in [2.75, 3.05) is 26.8 Å². The fourth-order valence-electron chi connectivity index (χ4n) is 4.97. The van der Waals surface area contributed by atoms with Crippen LogP contribution in [0.2, 0.25) is 10.0 Å².